The Morgan fingerprint density at radius 2 is 1.83 bits per heavy atom. The average molecular weight is 173 g/mol. The van der Waals surface area contributed by atoms with Gasteiger partial charge in [0, 0.05) is 0 Å². The molecule has 0 spiro atoms. The van der Waals surface area contributed by atoms with Crippen LogP contribution in [0.4, 0.5) is 0 Å². The Morgan fingerprint density at radius 3 is 2.25 bits per heavy atom. The normalized spacial score (nSPS) is 12.5. The second kappa shape index (κ2) is 5.55. The highest BCUT2D eigenvalue weighted by Gasteiger charge is 2.10. The van der Waals surface area contributed by atoms with E-state index >= 15 is 0 Å². The van der Waals surface area contributed by atoms with Crippen molar-refractivity contribution in [3.05, 3.63) is 0 Å². The summed E-state index contributed by atoms with van der Waals surface area (Å²) in [5.41, 5.74) is -0.0134. The summed E-state index contributed by atoms with van der Waals surface area (Å²) >= 11 is 0. The zero-order valence-corrected chi connectivity index (χ0v) is 9.18. The van der Waals surface area contributed by atoms with E-state index in [0.717, 1.165) is 13.3 Å². The monoisotopic (exact) mass is 173 g/mol. The summed E-state index contributed by atoms with van der Waals surface area (Å²) in [7, 11) is 2.10. The molecule has 0 bridgehead atoms. The topological polar surface area (TPSA) is 12.5 Å². The van der Waals surface area contributed by atoms with E-state index in [-0.39, 0.29) is 5.60 Å². The van der Waals surface area contributed by atoms with Gasteiger partial charge in [-0.15, -0.1) is 0 Å². The van der Waals surface area contributed by atoms with E-state index in [1.807, 2.05) is 0 Å². The maximum absolute atomic E-state index is 5.61. The molecule has 0 saturated heterocycles. The van der Waals surface area contributed by atoms with Crippen molar-refractivity contribution in [2.45, 2.75) is 46.1 Å². The molecule has 0 aliphatic rings. The van der Waals surface area contributed by atoms with Gasteiger partial charge in [0.25, 0.3) is 0 Å². The second-order valence-electron chi connectivity index (χ2n) is 4.32. The Balaban J connectivity index is 3.37. The van der Waals surface area contributed by atoms with Gasteiger partial charge in [-0.05, 0) is 40.8 Å². The van der Waals surface area contributed by atoms with Gasteiger partial charge in [0.1, 0.15) is 0 Å². The van der Waals surface area contributed by atoms with Crippen LogP contribution in [0.2, 0.25) is 0 Å². The van der Waals surface area contributed by atoms with E-state index in [2.05, 4.69) is 39.6 Å². The van der Waals surface area contributed by atoms with Crippen molar-refractivity contribution in [3.63, 3.8) is 0 Å². The number of hydrogen-bond acceptors (Lipinski definition) is 2. The minimum absolute atomic E-state index is 0.0134. The SMILES string of the molecule is CCCCN(C)COC(C)(C)C. The molecule has 2 heteroatoms. The third-order valence-corrected chi connectivity index (χ3v) is 1.61. The summed E-state index contributed by atoms with van der Waals surface area (Å²) in [6.45, 7) is 10.3. The molecule has 0 aromatic carbocycles. The molecule has 0 aliphatic heterocycles. The Labute approximate surface area is 76.9 Å². The van der Waals surface area contributed by atoms with Gasteiger partial charge in [-0.1, -0.05) is 13.3 Å². The summed E-state index contributed by atoms with van der Waals surface area (Å²) in [6, 6.07) is 0. The lowest BCUT2D eigenvalue weighted by Gasteiger charge is -2.24. The highest BCUT2D eigenvalue weighted by molar-refractivity contribution is 4.58. The lowest BCUT2D eigenvalue weighted by Crippen LogP contribution is -2.29. The number of hydrogen-bond donors (Lipinski definition) is 0. The van der Waals surface area contributed by atoms with Crippen LogP contribution >= 0.6 is 0 Å². The first-order chi connectivity index (χ1) is 5.45. The standard InChI is InChI=1S/C10H23NO/c1-6-7-8-11(5)9-12-10(2,3)4/h6-9H2,1-5H3. The summed E-state index contributed by atoms with van der Waals surface area (Å²) < 4.78 is 5.61. The lowest BCUT2D eigenvalue weighted by molar-refractivity contribution is -0.0559. The summed E-state index contributed by atoms with van der Waals surface area (Å²) in [5, 5.41) is 0. The Morgan fingerprint density at radius 1 is 1.25 bits per heavy atom. The molecule has 0 unspecified atom stereocenters. The fourth-order valence-corrected chi connectivity index (χ4v) is 0.796. The van der Waals surface area contributed by atoms with E-state index in [4.69, 9.17) is 4.74 Å². The van der Waals surface area contributed by atoms with Gasteiger partial charge in [0.2, 0.25) is 0 Å². The molecule has 0 aliphatic carbocycles. The molecule has 0 fully saturated rings. The average Bonchev–Trinajstić information content (AvgIpc) is 1.95. The van der Waals surface area contributed by atoms with Crippen molar-refractivity contribution in [2.24, 2.45) is 0 Å². The molecule has 0 aromatic heterocycles. The minimum atomic E-state index is -0.0134. The molecule has 0 heterocycles. The van der Waals surface area contributed by atoms with Crippen LogP contribution in [0.3, 0.4) is 0 Å². The maximum Gasteiger partial charge on any atom is 0.0994 e. The van der Waals surface area contributed by atoms with Crippen molar-refractivity contribution in [2.75, 3.05) is 20.3 Å². The van der Waals surface area contributed by atoms with Crippen LogP contribution in [0.15, 0.2) is 0 Å². The molecule has 0 rings (SSSR count). The maximum atomic E-state index is 5.61. The first kappa shape index (κ1) is 11.9. The third-order valence-electron chi connectivity index (χ3n) is 1.61. The number of unbranched alkanes of at least 4 members (excludes halogenated alkanes) is 1. The number of nitrogens with zero attached hydrogens (tertiary/aromatic N) is 1. The number of rotatable bonds is 5. The minimum Gasteiger partial charge on any atom is -0.361 e. The highest BCUT2D eigenvalue weighted by atomic mass is 16.5. The molecule has 0 saturated carbocycles. The van der Waals surface area contributed by atoms with Crippen LogP contribution in [-0.2, 0) is 4.74 Å². The summed E-state index contributed by atoms with van der Waals surface area (Å²) in [5.74, 6) is 0. The van der Waals surface area contributed by atoms with Crippen LogP contribution in [0.1, 0.15) is 40.5 Å². The number of ether oxygens (including phenoxy) is 1. The Kier molecular flexibility index (Phi) is 5.51. The fourth-order valence-electron chi connectivity index (χ4n) is 0.796. The third kappa shape index (κ3) is 8.02. The Bertz CT molecular complexity index is 107. The molecule has 0 amide bonds. The zero-order chi connectivity index (χ0) is 9.61. The van der Waals surface area contributed by atoms with Crippen LogP contribution < -0.4 is 0 Å². The first-order valence-corrected chi connectivity index (χ1v) is 4.78. The first-order valence-electron chi connectivity index (χ1n) is 4.78. The van der Waals surface area contributed by atoms with Crippen molar-refractivity contribution in [1.29, 1.82) is 0 Å². The lowest BCUT2D eigenvalue weighted by atomic mass is 10.2. The van der Waals surface area contributed by atoms with E-state index < -0.39 is 0 Å². The van der Waals surface area contributed by atoms with Crippen molar-refractivity contribution in [3.8, 4) is 0 Å². The summed E-state index contributed by atoms with van der Waals surface area (Å²) in [6.07, 6.45) is 2.50. The van der Waals surface area contributed by atoms with Crippen molar-refractivity contribution in [1.82, 2.24) is 4.90 Å². The van der Waals surface area contributed by atoms with Gasteiger partial charge in [-0.2, -0.15) is 0 Å². The predicted molar refractivity (Wildman–Crippen MR) is 53.2 cm³/mol. The van der Waals surface area contributed by atoms with Gasteiger partial charge in [0.15, 0.2) is 0 Å². The second-order valence-corrected chi connectivity index (χ2v) is 4.32. The molecule has 0 radical (unpaired) electrons. The fraction of sp³-hybridized carbons (Fsp3) is 1.00. The van der Waals surface area contributed by atoms with Crippen LogP contribution in [-0.4, -0.2) is 30.8 Å². The van der Waals surface area contributed by atoms with Gasteiger partial charge >= 0.3 is 0 Å². The molecule has 2 nitrogen and oxygen atoms in total. The molecule has 0 atom stereocenters. The molecule has 0 aromatic rings. The van der Waals surface area contributed by atoms with E-state index in [1.54, 1.807) is 0 Å². The zero-order valence-electron chi connectivity index (χ0n) is 9.18. The quantitative estimate of drug-likeness (QED) is 0.592. The molecule has 74 valence electrons. The molecular formula is C10H23NO. The summed E-state index contributed by atoms with van der Waals surface area (Å²) in [4.78, 5) is 2.22. The van der Waals surface area contributed by atoms with Gasteiger partial charge < -0.3 is 4.74 Å². The van der Waals surface area contributed by atoms with E-state index in [0.29, 0.717) is 0 Å². The molecule has 0 N–H and O–H groups in total. The Hall–Kier alpha value is -0.0800. The van der Waals surface area contributed by atoms with Crippen LogP contribution in [0.5, 0.6) is 0 Å². The predicted octanol–water partition coefficient (Wildman–Crippen LogP) is 2.49. The highest BCUT2D eigenvalue weighted by Crippen LogP contribution is 2.06. The van der Waals surface area contributed by atoms with Gasteiger partial charge in [-0.3, -0.25) is 4.90 Å². The van der Waals surface area contributed by atoms with E-state index in [1.165, 1.54) is 12.8 Å². The van der Waals surface area contributed by atoms with Crippen molar-refractivity contribution >= 4 is 0 Å². The van der Waals surface area contributed by atoms with Crippen LogP contribution in [0, 0.1) is 0 Å². The van der Waals surface area contributed by atoms with Crippen LogP contribution in [0.25, 0.3) is 0 Å². The van der Waals surface area contributed by atoms with E-state index in [9.17, 15) is 0 Å². The van der Waals surface area contributed by atoms with Gasteiger partial charge in [0.05, 0.1) is 12.3 Å². The van der Waals surface area contributed by atoms with Gasteiger partial charge in [-0.25, -0.2) is 0 Å². The van der Waals surface area contributed by atoms with Crippen molar-refractivity contribution < 1.29 is 4.74 Å². The largest absolute Gasteiger partial charge is 0.361 e. The molecular weight excluding hydrogens is 150 g/mol. The molecule has 12 heavy (non-hydrogen) atoms. The smallest absolute Gasteiger partial charge is 0.0994 e.